The van der Waals surface area contributed by atoms with E-state index in [0.29, 0.717) is 11.6 Å². The summed E-state index contributed by atoms with van der Waals surface area (Å²) in [7, 11) is 0. The van der Waals surface area contributed by atoms with Gasteiger partial charge in [-0.2, -0.15) is 0 Å². The zero-order valence-corrected chi connectivity index (χ0v) is 12.2. The van der Waals surface area contributed by atoms with Crippen molar-refractivity contribution in [3.63, 3.8) is 0 Å². The van der Waals surface area contributed by atoms with Crippen molar-refractivity contribution in [1.82, 2.24) is 14.8 Å². The first-order chi connectivity index (χ1) is 10.5. The summed E-state index contributed by atoms with van der Waals surface area (Å²) in [5.74, 6) is 0.429. The number of oxazole rings is 1. The molecule has 2 aromatic heterocycles. The summed E-state index contributed by atoms with van der Waals surface area (Å²) in [6, 6.07) is 7.35. The van der Waals surface area contributed by atoms with Crippen molar-refractivity contribution in [1.29, 1.82) is 0 Å². The third kappa shape index (κ3) is 2.60. The summed E-state index contributed by atoms with van der Waals surface area (Å²) in [6.07, 6.45) is 2.89. The van der Waals surface area contributed by atoms with Crippen LogP contribution in [0.5, 0.6) is 0 Å². The van der Waals surface area contributed by atoms with Crippen LogP contribution >= 0.6 is 0 Å². The minimum absolute atomic E-state index is 0.0731. The lowest BCUT2D eigenvalue weighted by atomic mass is 10.1. The highest BCUT2D eigenvalue weighted by molar-refractivity contribution is 5.59. The number of hydrogen-bond donors (Lipinski definition) is 0. The monoisotopic (exact) mass is 298 g/mol. The van der Waals surface area contributed by atoms with Gasteiger partial charge < -0.3 is 14.5 Å². The van der Waals surface area contributed by atoms with E-state index in [2.05, 4.69) is 16.1 Å². The van der Waals surface area contributed by atoms with Crippen molar-refractivity contribution < 1.29 is 9.34 Å². The highest BCUT2D eigenvalue weighted by Gasteiger charge is 2.17. The molecule has 22 heavy (non-hydrogen) atoms. The number of aryl methyl sites for hydroxylation is 2. The fraction of sp³-hybridized carbons (Fsp3) is 0.200. The highest BCUT2D eigenvalue weighted by Crippen LogP contribution is 2.24. The third-order valence-electron chi connectivity index (χ3n) is 3.36. The molecular weight excluding hydrogens is 284 g/mol. The molecule has 0 saturated heterocycles. The van der Waals surface area contributed by atoms with Crippen molar-refractivity contribution in [2.45, 2.75) is 20.4 Å². The van der Waals surface area contributed by atoms with Crippen molar-refractivity contribution in [3.8, 4) is 11.5 Å². The average molecular weight is 298 g/mol. The van der Waals surface area contributed by atoms with Gasteiger partial charge in [0, 0.05) is 5.56 Å². The van der Waals surface area contributed by atoms with E-state index in [9.17, 15) is 10.1 Å². The molecule has 2 heterocycles. The van der Waals surface area contributed by atoms with Gasteiger partial charge in [0.15, 0.2) is 6.54 Å². The first-order valence-corrected chi connectivity index (χ1v) is 6.73. The van der Waals surface area contributed by atoms with Gasteiger partial charge in [-0.05, 0) is 30.4 Å². The number of aromatic nitrogens is 3. The summed E-state index contributed by atoms with van der Waals surface area (Å²) in [6.45, 7) is 4.21. The van der Waals surface area contributed by atoms with Crippen molar-refractivity contribution in [2.75, 3.05) is 0 Å². The second kappa shape index (κ2) is 5.44. The number of nitrogens with zero attached hydrogens (tertiary/aromatic N) is 4. The molecule has 0 aliphatic rings. The van der Waals surface area contributed by atoms with Crippen LogP contribution in [0.3, 0.4) is 0 Å². The number of benzene rings is 1. The molecule has 0 saturated carbocycles. The van der Waals surface area contributed by atoms with Gasteiger partial charge in [-0.25, -0.2) is 4.98 Å². The van der Waals surface area contributed by atoms with Crippen molar-refractivity contribution in [2.24, 2.45) is 0 Å². The van der Waals surface area contributed by atoms with Gasteiger partial charge in [-0.1, -0.05) is 22.8 Å². The Hall–Kier alpha value is -2.96. The number of nitro groups is 1. The average Bonchev–Trinajstić information content (AvgIpc) is 3.08. The molecule has 7 heteroatoms. The van der Waals surface area contributed by atoms with Crippen molar-refractivity contribution in [3.05, 3.63) is 63.7 Å². The van der Waals surface area contributed by atoms with Gasteiger partial charge in [0.05, 0.1) is 12.3 Å². The highest BCUT2D eigenvalue weighted by atomic mass is 16.6. The zero-order valence-electron chi connectivity index (χ0n) is 12.2. The van der Waals surface area contributed by atoms with E-state index >= 15 is 0 Å². The molecule has 0 N–H and O–H groups in total. The molecule has 0 amide bonds. The lowest BCUT2D eigenvalue weighted by molar-refractivity contribution is -0.392. The van der Waals surface area contributed by atoms with Crippen LogP contribution in [0, 0.1) is 24.0 Å². The van der Waals surface area contributed by atoms with Gasteiger partial charge in [0.1, 0.15) is 12.0 Å². The molecule has 112 valence electrons. The van der Waals surface area contributed by atoms with Crippen LogP contribution in [0.1, 0.15) is 16.8 Å². The van der Waals surface area contributed by atoms with Crippen LogP contribution < -0.4 is 0 Å². The quantitative estimate of drug-likeness (QED) is 0.545. The summed E-state index contributed by atoms with van der Waals surface area (Å²) in [5, 5.41) is 14.8. The van der Waals surface area contributed by atoms with Crippen LogP contribution in [-0.4, -0.2) is 19.7 Å². The zero-order chi connectivity index (χ0) is 15.7. The Balaban J connectivity index is 1.88. The molecule has 3 aromatic rings. The maximum absolute atomic E-state index is 10.9. The molecule has 0 atom stereocenters. The number of hydrogen-bond acceptors (Lipinski definition) is 5. The lowest BCUT2D eigenvalue weighted by Crippen LogP contribution is -2.06. The standard InChI is InChI=1S/C15H14N4O3/c1-10-3-4-13(11(2)7-10)15-17-12(9-22-15)8-18-14(19(20)21)5-6-16-18/h3-7,9H,8H2,1-2H3. The van der Waals surface area contributed by atoms with Crippen LogP contribution in [0.15, 0.2) is 41.1 Å². The molecule has 0 spiro atoms. The largest absolute Gasteiger partial charge is 0.444 e. The first kappa shape index (κ1) is 14.0. The van der Waals surface area contributed by atoms with E-state index in [0.717, 1.165) is 11.1 Å². The number of rotatable bonds is 4. The Morgan fingerprint density at radius 1 is 1.32 bits per heavy atom. The maximum atomic E-state index is 10.9. The topological polar surface area (TPSA) is 87.0 Å². The van der Waals surface area contributed by atoms with E-state index < -0.39 is 4.92 Å². The normalized spacial score (nSPS) is 10.8. The van der Waals surface area contributed by atoms with Gasteiger partial charge in [0.2, 0.25) is 5.89 Å². The van der Waals surface area contributed by atoms with Crippen LogP contribution in [0.4, 0.5) is 5.82 Å². The fourth-order valence-corrected chi connectivity index (χ4v) is 2.31. The fourth-order valence-electron chi connectivity index (χ4n) is 2.31. The summed E-state index contributed by atoms with van der Waals surface area (Å²) >= 11 is 0. The summed E-state index contributed by atoms with van der Waals surface area (Å²) in [5.41, 5.74) is 3.73. The Morgan fingerprint density at radius 2 is 2.14 bits per heavy atom. The van der Waals surface area contributed by atoms with Crippen LogP contribution in [0.25, 0.3) is 11.5 Å². The molecule has 3 rings (SSSR count). The molecule has 7 nitrogen and oxygen atoms in total. The second-order valence-corrected chi connectivity index (χ2v) is 5.07. The van der Waals surface area contributed by atoms with E-state index in [1.165, 1.54) is 28.8 Å². The Bertz CT molecular complexity index is 835. The molecule has 0 aliphatic carbocycles. The minimum Gasteiger partial charge on any atom is -0.444 e. The first-order valence-electron chi connectivity index (χ1n) is 6.73. The maximum Gasteiger partial charge on any atom is 0.345 e. The molecule has 1 aromatic carbocycles. The minimum atomic E-state index is -0.474. The summed E-state index contributed by atoms with van der Waals surface area (Å²) < 4.78 is 6.78. The SMILES string of the molecule is Cc1ccc(-c2nc(Cn3nccc3[N+](=O)[O-])co2)c(C)c1. The van der Waals surface area contributed by atoms with Crippen LogP contribution in [0.2, 0.25) is 0 Å². The molecule has 0 radical (unpaired) electrons. The Morgan fingerprint density at radius 3 is 2.86 bits per heavy atom. The second-order valence-electron chi connectivity index (χ2n) is 5.07. The van der Waals surface area contributed by atoms with Gasteiger partial charge in [-0.15, -0.1) is 4.68 Å². The Kier molecular flexibility index (Phi) is 3.46. The van der Waals surface area contributed by atoms with Crippen molar-refractivity contribution >= 4 is 5.82 Å². The van der Waals surface area contributed by atoms with E-state index in [1.54, 1.807) is 0 Å². The molecule has 0 fully saturated rings. The lowest BCUT2D eigenvalue weighted by Gasteiger charge is -2.02. The molecular formula is C15H14N4O3. The van der Waals surface area contributed by atoms with E-state index in [-0.39, 0.29) is 12.4 Å². The predicted molar refractivity (Wildman–Crippen MR) is 79.4 cm³/mol. The third-order valence-corrected chi connectivity index (χ3v) is 3.36. The Labute approximate surface area is 126 Å². The van der Waals surface area contributed by atoms with Gasteiger partial charge in [-0.3, -0.25) is 0 Å². The summed E-state index contributed by atoms with van der Waals surface area (Å²) in [4.78, 5) is 14.8. The molecule has 0 aliphatic heterocycles. The van der Waals surface area contributed by atoms with Gasteiger partial charge in [0.25, 0.3) is 0 Å². The predicted octanol–water partition coefficient (Wildman–Crippen LogP) is 3.11. The van der Waals surface area contributed by atoms with E-state index in [4.69, 9.17) is 4.42 Å². The molecule has 0 bridgehead atoms. The van der Waals surface area contributed by atoms with Gasteiger partial charge >= 0.3 is 5.82 Å². The van der Waals surface area contributed by atoms with Crippen LogP contribution in [-0.2, 0) is 6.54 Å². The smallest absolute Gasteiger partial charge is 0.345 e. The molecule has 0 unspecified atom stereocenters. The van der Waals surface area contributed by atoms with E-state index in [1.807, 2.05) is 26.0 Å².